The number of nitrogens with zero attached hydrogens (tertiary/aromatic N) is 2. The molecule has 13 heteroatoms. The lowest BCUT2D eigenvalue weighted by molar-refractivity contribution is -0.275. The number of hydrogen-bond acceptors (Lipinski definition) is 6. The molecule has 2 atom stereocenters. The molecule has 35 heavy (non-hydrogen) atoms. The molecule has 7 nitrogen and oxygen atoms in total. The molecule has 1 N–H and O–H groups in total. The number of alkyl halides is 3. The number of oxime groups is 1. The zero-order valence-electron chi connectivity index (χ0n) is 18.1. The van der Waals surface area contributed by atoms with Crippen LogP contribution in [0.3, 0.4) is 0 Å². The first-order valence-electron chi connectivity index (χ1n) is 10.0. The van der Waals surface area contributed by atoms with Gasteiger partial charge in [0.1, 0.15) is 0 Å². The quantitative estimate of drug-likeness (QED) is 0.565. The van der Waals surface area contributed by atoms with Crippen molar-refractivity contribution in [1.82, 2.24) is 10.2 Å². The largest absolute Gasteiger partial charge is 0.435 e. The highest BCUT2D eigenvalue weighted by molar-refractivity contribution is 8.15. The monoisotopic (exact) mass is 545 g/mol. The summed E-state index contributed by atoms with van der Waals surface area (Å²) >= 11 is 12.5. The van der Waals surface area contributed by atoms with E-state index in [2.05, 4.69) is 10.5 Å². The molecule has 1 fully saturated rings. The summed E-state index contributed by atoms with van der Waals surface area (Å²) in [7, 11) is 1.31. The number of hydrogen-bond donors (Lipinski definition) is 1. The van der Waals surface area contributed by atoms with Gasteiger partial charge < -0.3 is 10.2 Å². The van der Waals surface area contributed by atoms with Crippen LogP contribution in [0.1, 0.15) is 33.5 Å². The minimum Gasteiger partial charge on any atom is -0.374 e. The van der Waals surface area contributed by atoms with Crippen molar-refractivity contribution in [2.45, 2.75) is 30.5 Å². The number of benzene rings is 2. The van der Waals surface area contributed by atoms with Crippen molar-refractivity contribution in [3.05, 3.63) is 68.7 Å². The molecule has 2 aromatic rings. The fourth-order valence-electron chi connectivity index (χ4n) is 3.73. The van der Waals surface area contributed by atoms with E-state index in [1.54, 1.807) is 6.92 Å². The molecule has 2 heterocycles. The van der Waals surface area contributed by atoms with E-state index in [-0.39, 0.29) is 26.9 Å². The second-order valence-corrected chi connectivity index (χ2v) is 9.88. The molecule has 184 valence electrons. The summed E-state index contributed by atoms with van der Waals surface area (Å²) in [6.45, 7) is 1.59. The van der Waals surface area contributed by atoms with Gasteiger partial charge in [0, 0.05) is 34.6 Å². The number of carbonyl (C=O) groups is 3. The molecule has 0 radical (unpaired) electrons. The number of likely N-dealkylation sites (N-methyl/N-ethyl adjacent to an activating group) is 1. The van der Waals surface area contributed by atoms with E-state index in [1.165, 1.54) is 31.3 Å². The van der Waals surface area contributed by atoms with Gasteiger partial charge in [-0.3, -0.25) is 19.3 Å². The van der Waals surface area contributed by atoms with Gasteiger partial charge in [0.2, 0.25) is 0 Å². The average Bonchev–Trinajstić information content (AvgIpc) is 3.32. The van der Waals surface area contributed by atoms with Crippen molar-refractivity contribution in [3.8, 4) is 0 Å². The molecule has 1 saturated heterocycles. The number of carbonyl (C=O) groups excluding carboxylic acids is 3. The van der Waals surface area contributed by atoms with Gasteiger partial charge in [0.05, 0.1) is 5.71 Å². The van der Waals surface area contributed by atoms with Gasteiger partial charge in [0.25, 0.3) is 22.7 Å². The lowest BCUT2D eigenvalue weighted by atomic mass is 9.86. The van der Waals surface area contributed by atoms with Crippen molar-refractivity contribution in [2.24, 2.45) is 5.16 Å². The second-order valence-electron chi connectivity index (χ2n) is 7.95. The van der Waals surface area contributed by atoms with Gasteiger partial charge >= 0.3 is 6.18 Å². The third-order valence-corrected chi connectivity index (χ3v) is 7.10. The van der Waals surface area contributed by atoms with Crippen LogP contribution in [0.25, 0.3) is 0 Å². The van der Waals surface area contributed by atoms with Crippen molar-refractivity contribution in [1.29, 1.82) is 0 Å². The molecular formula is C22H16Cl2F3N3O4S. The maximum absolute atomic E-state index is 14.2. The highest BCUT2D eigenvalue weighted by Crippen LogP contribution is 2.49. The highest BCUT2D eigenvalue weighted by Gasteiger charge is 2.62. The number of rotatable bonds is 4. The van der Waals surface area contributed by atoms with Crippen molar-refractivity contribution in [3.63, 3.8) is 0 Å². The molecule has 2 aliphatic rings. The molecule has 0 aliphatic carbocycles. The van der Waals surface area contributed by atoms with E-state index >= 15 is 0 Å². The Morgan fingerprint density at radius 2 is 1.86 bits per heavy atom. The molecule has 3 amide bonds. The van der Waals surface area contributed by atoms with Crippen molar-refractivity contribution >= 4 is 57.7 Å². The molecule has 4 rings (SSSR count). The average molecular weight is 546 g/mol. The van der Waals surface area contributed by atoms with E-state index < -0.39 is 40.6 Å². The van der Waals surface area contributed by atoms with E-state index in [4.69, 9.17) is 28.0 Å². The molecular weight excluding hydrogens is 530 g/mol. The fraction of sp³-hybridized carbons (Fsp3) is 0.273. The first-order chi connectivity index (χ1) is 16.3. The van der Waals surface area contributed by atoms with E-state index in [0.29, 0.717) is 22.9 Å². The highest BCUT2D eigenvalue weighted by atomic mass is 35.5. The van der Waals surface area contributed by atoms with E-state index in [1.807, 2.05) is 0 Å². The third-order valence-electron chi connectivity index (χ3n) is 5.63. The Kier molecular flexibility index (Phi) is 6.54. The van der Waals surface area contributed by atoms with Gasteiger partial charge in [-0.1, -0.05) is 34.4 Å². The Bertz CT molecular complexity index is 1270. The number of nitrogens with one attached hydrogen (secondary N) is 1. The number of imide groups is 1. The van der Waals surface area contributed by atoms with Crippen LogP contribution in [0.15, 0.2) is 41.6 Å². The normalized spacial score (nSPS) is 22.3. The second kappa shape index (κ2) is 9.03. The van der Waals surface area contributed by atoms with Gasteiger partial charge in [-0.05, 0) is 60.1 Å². The number of aryl methyl sites for hydroxylation is 1. The maximum Gasteiger partial charge on any atom is 0.435 e. The van der Waals surface area contributed by atoms with Crippen LogP contribution >= 0.6 is 35.0 Å². The first kappa shape index (κ1) is 25.3. The van der Waals surface area contributed by atoms with Gasteiger partial charge in [0.15, 0.2) is 5.37 Å². The van der Waals surface area contributed by atoms with Crippen molar-refractivity contribution < 1.29 is 32.4 Å². The minimum atomic E-state index is -4.84. The predicted molar refractivity (Wildman–Crippen MR) is 125 cm³/mol. The number of halogens is 5. The van der Waals surface area contributed by atoms with Crippen LogP contribution in [-0.4, -0.2) is 46.3 Å². The zero-order valence-corrected chi connectivity index (χ0v) is 20.4. The van der Waals surface area contributed by atoms with Crippen molar-refractivity contribution in [2.75, 3.05) is 7.05 Å². The summed E-state index contributed by atoms with van der Waals surface area (Å²) in [5, 5.41) is 4.69. The van der Waals surface area contributed by atoms with Crippen LogP contribution in [0.2, 0.25) is 10.0 Å². The molecule has 0 saturated carbocycles. The molecule has 0 bridgehead atoms. The lowest BCUT2D eigenvalue weighted by Gasteiger charge is -2.29. The van der Waals surface area contributed by atoms with Crippen LogP contribution in [0.4, 0.5) is 18.0 Å². The lowest BCUT2D eigenvalue weighted by Crippen LogP contribution is -2.42. The summed E-state index contributed by atoms with van der Waals surface area (Å²) in [6.07, 6.45) is -5.48. The van der Waals surface area contributed by atoms with Crippen LogP contribution in [-0.2, 0) is 15.2 Å². The summed E-state index contributed by atoms with van der Waals surface area (Å²) in [5.41, 5.74) is -2.12. The summed E-state index contributed by atoms with van der Waals surface area (Å²) in [6, 6.07) is 7.90. The summed E-state index contributed by atoms with van der Waals surface area (Å²) < 4.78 is 42.6. The molecule has 2 aromatic carbocycles. The Hall–Kier alpha value is -2.76. The SMILES string of the molecule is Cc1cc(C2=NOC(c3cc(Cl)cc(Cl)c3)(C(F)(F)F)C2)ccc1C(=O)NC1SC(=O)N(C)C1=O. The zero-order chi connectivity index (χ0) is 25.7. The topological polar surface area (TPSA) is 88.1 Å². The number of amides is 3. The predicted octanol–water partition coefficient (Wildman–Crippen LogP) is 5.27. The summed E-state index contributed by atoms with van der Waals surface area (Å²) in [5.74, 6) is -1.16. The molecule has 0 spiro atoms. The van der Waals surface area contributed by atoms with E-state index in [9.17, 15) is 27.6 Å². The Morgan fingerprint density at radius 1 is 1.20 bits per heavy atom. The Balaban J connectivity index is 1.57. The van der Waals surface area contributed by atoms with Gasteiger partial charge in [-0.15, -0.1) is 0 Å². The van der Waals surface area contributed by atoms with Gasteiger partial charge in [-0.25, -0.2) is 0 Å². The number of thioether (sulfide) groups is 1. The standard InChI is InChI=1S/C22H16Cl2F3N3O4S/c1-10-5-11(3-4-15(10)17(31)28-18-19(32)30(2)20(33)35-18)16-9-21(34-29-16,22(25,26)27)12-6-13(23)8-14(24)7-12/h3-8,18H,9H2,1-2H3,(H,28,31). The molecule has 2 aliphatic heterocycles. The summed E-state index contributed by atoms with van der Waals surface area (Å²) in [4.78, 5) is 42.2. The van der Waals surface area contributed by atoms with Gasteiger partial charge in [-0.2, -0.15) is 13.2 Å². The minimum absolute atomic E-state index is 0.0160. The third kappa shape index (κ3) is 4.60. The van der Waals surface area contributed by atoms with E-state index in [0.717, 1.165) is 17.0 Å². The maximum atomic E-state index is 14.2. The van der Waals surface area contributed by atoms with Crippen LogP contribution in [0, 0.1) is 6.92 Å². The van der Waals surface area contributed by atoms with Crippen LogP contribution in [0.5, 0.6) is 0 Å². The Labute approximate surface area is 211 Å². The van der Waals surface area contributed by atoms with Crippen LogP contribution < -0.4 is 5.32 Å². The Morgan fingerprint density at radius 3 is 2.40 bits per heavy atom. The first-order valence-corrected chi connectivity index (χ1v) is 11.6. The molecule has 0 aromatic heterocycles. The fourth-order valence-corrected chi connectivity index (χ4v) is 5.13. The smallest absolute Gasteiger partial charge is 0.374 e. The molecule has 2 unspecified atom stereocenters.